The molecule has 0 saturated carbocycles. The second kappa shape index (κ2) is 9.65. The molecule has 0 spiro atoms. The number of allylic oxidation sites excluding steroid dienone is 4. The van der Waals surface area contributed by atoms with E-state index in [2.05, 4.69) is 24.3 Å². The van der Waals surface area contributed by atoms with E-state index in [1.54, 1.807) is 0 Å². The van der Waals surface area contributed by atoms with Crippen molar-refractivity contribution in [3.8, 4) is 0 Å². The molecule has 0 fully saturated rings. The van der Waals surface area contributed by atoms with Crippen molar-refractivity contribution in [2.75, 3.05) is 27.2 Å². The summed E-state index contributed by atoms with van der Waals surface area (Å²) in [4.78, 5) is 28.5. The number of carbonyl (C=O) groups is 2. The molecule has 0 aromatic carbocycles. The maximum atomic E-state index is 12.4. The quantitative estimate of drug-likeness (QED) is 0.529. The SMILES string of the molecule is CN(CCCCN(C)C(=O)C1CC=CCC1)C(=O)C1CC=CCC1. The minimum Gasteiger partial charge on any atom is -0.346 e. The van der Waals surface area contributed by atoms with Gasteiger partial charge in [-0.1, -0.05) is 24.3 Å². The van der Waals surface area contributed by atoms with Gasteiger partial charge in [-0.15, -0.1) is 0 Å². The summed E-state index contributed by atoms with van der Waals surface area (Å²) in [5.41, 5.74) is 0. The van der Waals surface area contributed by atoms with Crippen LogP contribution in [0.2, 0.25) is 0 Å². The van der Waals surface area contributed by atoms with Gasteiger partial charge in [0.2, 0.25) is 11.8 Å². The second-order valence-corrected chi connectivity index (χ2v) is 7.19. The van der Waals surface area contributed by atoms with Gasteiger partial charge in [-0.3, -0.25) is 9.59 Å². The number of rotatable bonds is 7. The van der Waals surface area contributed by atoms with E-state index >= 15 is 0 Å². The molecule has 0 aromatic rings. The van der Waals surface area contributed by atoms with Crippen LogP contribution in [0.25, 0.3) is 0 Å². The van der Waals surface area contributed by atoms with Crippen LogP contribution < -0.4 is 0 Å². The zero-order chi connectivity index (χ0) is 17.4. The summed E-state index contributed by atoms with van der Waals surface area (Å²) in [7, 11) is 3.81. The van der Waals surface area contributed by atoms with Crippen molar-refractivity contribution in [2.24, 2.45) is 11.8 Å². The van der Waals surface area contributed by atoms with Crippen LogP contribution in [0.4, 0.5) is 0 Å². The van der Waals surface area contributed by atoms with Gasteiger partial charge in [-0.25, -0.2) is 0 Å². The highest BCUT2D eigenvalue weighted by Crippen LogP contribution is 2.21. The van der Waals surface area contributed by atoms with Crippen molar-refractivity contribution >= 4 is 11.8 Å². The largest absolute Gasteiger partial charge is 0.346 e. The first kappa shape index (κ1) is 18.8. The first-order valence-corrected chi connectivity index (χ1v) is 9.39. The summed E-state index contributed by atoms with van der Waals surface area (Å²) in [6, 6.07) is 0. The van der Waals surface area contributed by atoms with Gasteiger partial charge in [-0.05, 0) is 51.4 Å². The maximum absolute atomic E-state index is 12.4. The molecule has 2 amide bonds. The summed E-state index contributed by atoms with van der Waals surface area (Å²) < 4.78 is 0. The Morgan fingerprint density at radius 1 is 0.792 bits per heavy atom. The Hall–Kier alpha value is -1.58. The number of hydrogen-bond donors (Lipinski definition) is 0. The van der Waals surface area contributed by atoms with Gasteiger partial charge < -0.3 is 9.80 Å². The molecule has 2 aliphatic rings. The third kappa shape index (κ3) is 5.50. The van der Waals surface area contributed by atoms with Crippen LogP contribution in [0.1, 0.15) is 51.4 Å². The number of hydrogen-bond acceptors (Lipinski definition) is 2. The van der Waals surface area contributed by atoms with Crippen LogP contribution in [0.15, 0.2) is 24.3 Å². The highest BCUT2D eigenvalue weighted by Gasteiger charge is 2.23. The van der Waals surface area contributed by atoms with Crippen LogP contribution in [0, 0.1) is 11.8 Å². The molecule has 0 bridgehead atoms. The third-order valence-corrected chi connectivity index (χ3v) is 5.23. The molecule has 2 atom stereocenters. The van der Waals surface area contributed by atoms with Gasteiger partial charge in [0.25, 0.3) is 0 Å². The Labute approximate surface area is 146 Å². The summed E-state index contributed by atoms with van der Waals surface area (Å²) >= 11 is 0. The van der Waals surface area contributed by atoms with Gasteiger partial charge in [0.1, 0.15) is 0 Å². The molecular formula is C20H32N2O2. The smallest absolute Gasteiger partial charge is 0.225 e. The van der Waals surface area contributed by atoms with E-state index in [0.29, 0.717) is 0 Å². The van der Waals surface area contributed by atoms with Crippen molar-refractivity contribution in [1.82, 2.24) is 9.80 Å². The summed E-state index contributed by atoms with van der Waals surface area (Å²) in [5.74, 6) is 0.891. The maximum Gasteiger partial charge on any atom is 0.225 e. The van der Waals surface area contributed by atoms with Gasteiger partial charge in [0.15, 0.2) is 0 Å². The number of amides is 2. The minimum absolute atomic E-state index is 0.170. The van der Waals surface area contributed by atoms with Crippen LogP contribution in [-0.4, -0.2) is 48.8 Å². The van der Waals surface area contributed by atoms with Gasteiger partial charge >= 0.3 is 0 Å². The lowest BCUT2D eigenvalue weighted by molar-refractivity contribution is -0.135. The molecule has 134 valence electrons. The van der Waals surface area contributed by atoms with Crippen LogP contribution in [-0.2, 0) is 9.59 Å². The summed E-state index contributed by atoms with van der Waals surface area (Å²) in [5, 5.41) is 0. The van der Waals surface area contributed by atoms with Gasteiger partial charge in [-0.2, -0.15) is 0 Å². The average molecular weight is 332 g/mol. The molecule has 0 saturated heterocycles. The van der Waals surface area contributed by atoms with Crippen LogP contribution in [0.5, 0.6) is 0 Å². The summed E-state index contributed by atoms with van der Waals surface area (Å²) in [6.45, 7) is 1.57. The van der Waals surface area contributed by atoms with Crippen molar-refractivity contribution < 1.29 is 9.59 Å². The van der Waals surface area contributed by atoms with E-state index in [-0.39, 0.29) is 23.7 Å². The van der Waals surface area contributed by atoms with E-state index in [4.69, 9.17) is 0 Å². The lowest BCUT2D eigenvalue weighted by Gasteiger charge is -2.26. The monoisotopic (exact) mass is 332 g/mol. The number of carbonyl (C=O) groups excluding carboxylic acids is 2. The van der Waals surface area contributed by atoms with E-state index in [1.807, 2.05) is 23.9 Å². The molecule has 4 heteroatoms. The lowest BCUT2D eigenvalue weighted by atomic mass is 9.93. The summed E-state index contributed by atoms with van der Waals surface area (Å²) in [6.07, 6.45) is 16.3. The standard InChI is InChI=1S/C20H32N2O2/c1-21(19(23)17-11-5-3-6-12-17)15-9-10-16-22(2)20(24)18-13-7-4-8-14-18/h3-5,7,17-18H,6,8-16H2,1-2H3. The van der Waals surface area contributed by atoms with Crippen molar-refractivity contribution in [1.29, 1.82) is 0 Å². The molecule has 0 aliphatic heterocycles. The van der Waals surface area contributed by atoms with Crippen molar-refractivity contribution in [3.05, 3.63) is 24.3 Å². The van der Waals surface area contributed by atoms with E-state index in [9.17, 15) is 9.59 Å². The molecular weight excluding hydrogens is 300 g/mol. The van der Waals surface area contributed by atoms with Gasteiger partial charge in [0, 0.05) is 39.0 Å². The fraction of sp³-hybridized carbons (Fsp3) is 0.700. The minimum atomic E-state index is 0.170. The lowest BCUT2D eigenvalue weighted by Crippen LogP contribution is -2.36. The van der Waals surface area contributed by atoms with Crippen molar-refractivity contribution in [3.63, 3.8) is 0 Å². The molecule has 0 heterocycles. The van der Waals surface area contributed by atoms with Gasteiger partial charge in [0.05, 0.1) is 0 Å². The molecule has 24 heavy (non-hydrogen) atoms. The Kier molecular flexibility index (Phi) is 7.54. The van der Waals surface area contributed by atoms with Crippen LogP contribution >= 0.6 is 0 Å². The van der Waals surface area contributed by atoms with Crippen LogP contribution in [0.3, 0.4) is 0 Å². The highest BCUT2D eigenvalue weighted by atomic mass is 16.2. The third-order valence-electron chi connectivity index (χ3n) is 5.23. The van der Waals surface area contributed by atoms with E-state index < -0.39 is 0 Å². The molecule has 2 aliphatic carbocycles. The fourth-order valence-electron chi connectivity index (χ4n) is 3.58. The Morgan fingerprint density at radius 3 is 1.54 bits per heavy atom. The first-order valence-electron chi connectivity index (χ1n) is 9.39. The predicted molar refractivity (Wildman–Crippen MR) is 97.5 cm³/mol. The average Bonchev–Trinajstić information content (AvgIpc) is 2.65. The zero-order valence-electron chi connectivity index (χ0n) is 15.2. The fourth-order valence-corrected chi connectivity index (χ4v) is 3.58. The number of unbranched alkanes of at least 4 members (excludes halogenated alkanes) is 1. The Bertz CT molecular complexity index is 440. The molecule has 0 radical (unpaired) electrons. The molecule has 2 rings (SSSR count). The topological polar surface area (TPSA) is 40.6 Å². The molecule has 0 aromatic heterocycles. The Morgan fingerprint density at radius 2 is 1.21 bits per heavy atom. The predicted octanol–water partition coefficient (Wildman–Crippen LogP) is 3.40. The van der Waals surface area contributed by atoms with E-state index in [0.717, 1.165) is 64.5 Å². The highest BCUT2D eigenvalue weighted by molar-refractivity contribution is 5.79. The normalized spacial score (nSPS) is 23.1. The first-order chi connectivity index (χ1) is 11.6. The molecule has 0 N–H and O–H groups in total. The zero-order valence-corrected chi connectivity index (χ0v) is 15.2. The number of nitrogens with zero attached hydrogens (tertiary/aromatic N) is 2. The second-order valence-electron chi connectivity index (χ2n) is 7.19. The molecule has 2 unspecified atom stereocenters. The molecule has 4 nitrogen and oxygen atoms in total. The Balaban J connectivity index is 1.62. The van der Waals surface area contributed by atoms with Crippen molar-refractivity contribution in [2.45, 2.75) is 51.4 Å². The van der Waals surface area contributed by atoms with E-state index in [1.165, 1.54) is 0 Å².